The van der Waals surface area contributed by atoms with Gasteiger partial charge in [0.05, 0.1) is 25.5 Å². The van der Waals surface area contributed by atoms with Crippen molar-refractivity contribution in [1.29, 1.82) is 0 Å². The zero-order valence-electron chi connectivity index (χ0n) is 17.1. The van der Waals surface area contributed by atoms with Crippen LogP contribution in [0.2, 0.25) is 0 Å². The van der Waals surface area contributed by atoms with Crippen molar-refractivity contribution in [2.75, 3.05) is 19.5 Å². The molecule has 1 atom stereocenters. The zero-order chi connectivity index (χ0) is 19.8. The summed E-state index contributed by atoms with van der Waals surface area (Å²) in [5.41, 5.74) is 0. The minimum absolute atomic E-state index is 0.0432. The summed E-state index contributed by atoms with van der Waals surface area (Å²) in [6.45, 7) is 6.32. The Balaban J connectivity index is 3.68. The summed E-state index contributed by atoms with van der Waals surface area (Å²) >= 11 is 0. The molecule has 0 aliphatic carbocycles. The predicted molar refractivity (Wildman–Crippen MR) is 106 cm³/mol. The van der Waals surface area contributed by atoms with Gasteiger partial charge in [0.1, 0.15) is 0 Å². The van der Waals surface area contributed by atoms with E-state index in [0.717, 1.165) is 19.1 Å². The van der Waals surface area contributed by atoms with E-state index in [9.17, 15) is 13.2 Å². The Bertz CT molecular complexity index is 451. The van der Waals surface area contributed by atoms with E-state index in [0.29, 0.717) is 6.61 Å². The van der Waals surface area contributed by atoms with Gasteiger partial charge in [0.25, 0.3) is 10.1 Å². The Morgan fingerprint density at radius 1 is 0.923 bits per heavy atom. The second-order valence-electron chi connectivity index (χ2n) is 7.30. The average molecular weight is 394 g/mol. The number of rotatable bonds is 16. The number of carbonyl (C=O) groups excluding carboxylic acids is 1. The van der Waals surface area contributed by atoms with Gasteiger partial charge in [0.2, 0.25) is 0 Å². The molecule has 0 aromatic heterocycles. The van der Waals surface area contributed by atoms with Crippen molar-refractivity contribution in [2.24, 2.45) is 5.92 Å². The van der Waals surface area contributed by atoms with Crippen molar-refractivity contribution < 1.29 is 22.1 Å². The minimum atomic E-state index is -3.52. The lowest BCUT2D eigenvalue weighted by Gasteiger charge is -2.21. The summed E-state index contributed by atoms with van der Waals surface area (Å²) in [5, 5.41) is 2.67. The Hall–Kier alpha value is -0.820. The van der Waals surface area contributed by atoms with Crippen molar-refractivity contribution in [1.82, 2.24) is 5.32 Å². The van der Waals surface area contributed by atoms with Gasteiger partial charge < -0.3 is 10.1 Å². The lowest BCUT2D eigenvalue weighted by atomic mass is 10.1. The van der Waals surface area contributed by atoms with Gasteiger partial charge in [0.15, 0.2) is 0 Å². The maximum Gasteiger partial charge on any atom is 0.407 e. The van der Waals surface area contributed by atoms with E-state index in [1.807, 2.05) is 13.8 Å². The Kier molecular flexibility index (Phi) is 14.8. The fourth-order valence-corrected chi connectivity index (χ4v) is 2.94. The second kappa shape index (κ2) is 15.3. The smallest absolute Gasteiger partial charge is 0.407 e. The molecule has 1 amide bonds. The predicted octanol–water partition coefficient (Wildman–Crippen LogP) is 4.63. The molecular formula is C19H39NO5S. The lowest BCUT2D eigenvalue weighted by molar-refractivity contribution is 0.130. The molecule has 0 bridgehead atoms. The monoisotopic (exact) mass is 393 g/mol. The molecule has 156 valence electrons. The quantitative estimate of drug-likeness (QED) is 0.305. The normalized spacial score (nSPS) is 13.0. The van der Waals surface area contributed by atoms with Crippen LogP contribution in [0.4, 0.5) is 4.79 Å². The molecule has 0 heterocycles. The number of amides is 1. The van der Waals surface area contributed by atoms with Crippen molar-refractivity contribution in [3.05, 3.63) is 0 Å². The third-order valence-electron chi connectivity index (χ3n) is 4.30. The molecule has 0 fully saturated rings. The fraction of sp³-hybridized carbons (Fsp3) is 0.947. The molecule has 0 aromatic rings. The van der Waals surface area contributed by atoms with Crippen molar-refractivity contribution in [2.45, 2.75) is 91.0 Å². The molecule has 0 aliphatic rings. The maximum atomic E-state index is 11.8. The van der Waals surface area contributed by atoms with Gasteiger partial charge in [-0.1, -0.05) is 78.6 Å². The summed E-state index contributed by atoms with van der Waals surface area (Å²) in [7, 11) is -3.52. The topological polar surface area (TPSA) is 81.7 Å². The summed E-state index contributed by atoms with van der Waals surface area (Å²) in [6, 6.07) is -0.398. The van der Waals surface area contributed by atoms with Crippen LogP contribution < -0.4 is 5.32 Å². The third-order valence-corrected chi connectivity index (χ3v) is 4.86. The van der Waals surface area contributed by atoms with Gasteiger partial charge in [-0.15, -0.1) is 0 Å². The first-order valence-electron chi connectivity index (χ1n) is 10.0. The third kappa shape index (κ3) is 16.6. The number of ether oxygens (including phenoxy) is 1. The molecular weight excluding hydrogens is 354 g/mol. The zero-order valence-corrected chi connectivity index (χ0v) is 17.9. The van der Waals surface area contributed by atoms with Crippen molar-refractivity contribution in [3.8, 4) is 0 Å². The number of hydrogen-bond donors (Lipinski definition) is 1. The van der Waals surface area contributed by atoms with E-state index in [1.54, 1.807) is 0 Å². The maximum absolute atomic E-state index is 11.8. The standard InChI is InChI=1S/C19H39NO5S/c1-5-6-7-8-9-10-11-12-13-14-15-24-19(21)20-18(17(2)3)16-25-26(4,22)23/h17-18H,5-16H2,1-4H3,(H,20,21)/t18-/m1/s1. The van der Waals surface area contributed by atoms with E-state index in [4.69, 9.17) is 8.92 Å². The van der Waals surface area contributed by atoms with Crippen LogP contribution in [0.3, 0.4) is 0 Å². The van der Waals surface area contributed by atoms with Crippen LogP contribution in [-0.4, -0.2) is 40.0 Å². The molecule has 0 radical (unpaired) electrons. The average Bonchev–Trinajstić information content (AvgIpc) is 2.55. The number of carbonyl (C=O) groups is 1. The van der Waals surface area contributed by atoms with Gasteiger partial charge in [-0.2, -0.15) is 8.42 Å². The van der Waals surface area contributed by atoms with Crippen molar-refractivity contribution in [3.63, 3.8) is 0 Å². The molecule has 7 heteroatoms. The van der Waals surface area contributed by atoms with Crippen LogP contribution in [0.5, 0.6) is 0 Å². The van der Waals surface area contributed by atoms with E-state index in [1.165, 1.54) is 51.4 Å². The molecule has 26 heavy (non-hydrogen) atoms. The van der Waals surface area contributed by atoms with Crippen molar-refractivity contribution >= 4 is 16.2 Å². The Labute approximate surface area is 160 Å². The van der Waals surface area contributed by atoms with E-state index in [2.05, 4.69) is 12.2 Å². The van der Waals surface area contributed by atoms with Crippen LogP contribution >= 0.6 is 0 Å². The van der Waals surface area contributed by atoms with E-state index >= 15 is 0 Å². The van der Waals surface area contributed by atoms with E-state index < -0.39 is 22.3 Å². The molecule has 0 spiro atoms. The first-order chi connectivity index (χ1) is 12.3. The molecule has 0 saturated carbocycles. The molecule has 0 saturated heterocycles. The SMILES string of the molecule is CCCCCCCCCCCCOC(=O)N[C@H](COS(C)(=O)=O)C(C)C. The van der Waals surface area contributed by atoms with Gasteiger partial charge in [-0.3, -0.25) is 4.18 Å². The lowest BCUT2D eigenvalue weighted by Crippen LogP contribution is -2.42. The largest absolute Gasteiger partial charge is 0.450 e. The second-order valence-corrected chi connectivity index (χ2v) is 8.95. The van der Waals surface area contributed by atoms with Crippen LogP contribution in [-0.2, 0) is 19.0 Å². The molecule has 0 aromatic carbocycles. The van der Waals surface area contributed by atoms with Crippen LogP contribution in [0, 0.1) is 5.92 Å². The van der Waals surface area contributed by atoms with Crippen LogP contribution in [0.15, 0.2) is 0 Å². The molecule has 0 unspecified atom stereocenters. The minimum Gasteiger partial charge on any atom is -0.450 e. The number of alkyl carbamates (subject to hydrolysis) is 1. The van der Waals surface area contributed by atoms with Gasteiger partial charge in [-0.25, -0.2) is 4.79 Å². The highest BCUT2D eigenvalue weighted by Crippen LogP contribution is 2.10. The highest BCUT2D eigenvalue weighted by atomic mass is 32.2. The first-order valence-corrected chi connectivity index (χ1v) is 11.9. The fourth-order valence-electron chi connectivity index (χ4n) is 2.55. The van der Waals surface area contributed by atoms with Crippen LogP contribution in [0.1, 0.15) is 85.0 Å². The Morgan fingerprint density at radius 2 is 1.42 bits per heavy atom. The molecule has 0 aliphatic heterocycles. The Morgan fingerprint density at radius 3 is 1.88 bits per heavy atom. The highest BCUT2D eigenvalue weighted by molar-refractivity contribution is 7.85. The van der Waals surface area contributed by atoms with Crippen LogP contribution in [0.25, 0.3) is 0 Å². The summed E-state index contributed by atoms with van der Waals surface area (Å²) in [5.74, 6) is 0.0432. The summed E-state index contributed by atoms with van der Waals surface area (Å²) in [6.07, 6.45) is 12.8. The van der Waals surface area contributed by atoms with Gasteiger partial charge >= 0.3 is 6.09 Å². The van der Waals surface area contributed by atoms with Gasteiger partial charge in [0, 0.05) is 0 Å². The molecule has 6 nitrogen and oxygen atoms in total. The molecule has 1 N–H and O–H groups in total. The molecule has 0 rings (SSSR count). The highest BCUT2D eigenvalue weighted by Gasteiger charge is 2.19. The van der Waals surface area contributed by atoms with E-state index in [-0.39, 0.29) is 12.5 Å². The number of nitrogens with one attached hydrogen (secondary N) is 1. The van der Waals surface area contributed by atoms with Gasteiger partial charge in [-0.05, 0) is 12.3 Å². The number of unbranched alkanes of at least 4 members (excludes halogenated alkanes) is 9. The summed E-state index contributed by atoms with van der Waals surface area (Å²) < 4.78 is 32.1. The number of hydrogen-bond acceptors (Lipinski definition) is 5. The summed E-state index contributed by atoms with van der Waals surface area (Å²) in [4.78, 5) is 11.8. The first kappa shape index (κ1) is 25.2.